The molecule has 6 nitrogen and oxygen atoms in total. The highest BCUT2D eigenvalue weighted by Crippen LogP contribution is 2.32. The second kappa shape index (κ2) is 11.9. The summed E-state index contributed by atoms with van der Waals surface area (Å²) in [6.07, 6.45) is 7.55. The molecule has 7 heteroatoms. The summed E-state index contributed by atoms with van der Waals surface area (Å²) >= 11 is 0. The topological polar surface area (TPSA) is 87.3 Å². The highest BCUT2D eigenvalue weighted by atomic mass is 19.1. The molecule has 0 spiro atoms. The Bertz CT molecular complexity index is 1240. The maximum absolute atomic E-state index is 15.1. The molecule has 210 valence electrons. The van der Waals surface area contributed by atoms with E-state index in [2.05, 4.69) is 16.0 Å². The number of amides is 3. The van der Waals surface area contributed by atoms with Gasteiger partial charge in [-0.3, -0.25) is 14.4 Å². The lowest BCUT2D eigenvalue weighted by Gasteiger charge is -2.28. The van der Waals surface area contributed by atoms with Crippen LogP contribution >= 0.6 is 0 Å². The summed E-state index contributed by atoms with van der Waals surface area (Å²) in [7, 11) is 0. The molecule has 2 saturated carbocycles. The SMILES string of the molecule is Cc1c(F)cc(C(=O)NC2CC2)cc1-c1ccc(C(=O)NCC(C)(C)C)cc1C(=O)NC(C)C1CCCCC1. The van der Waals surface area contributed by atoms with Crippen LogP contribution in [0.3, 0.4) is 0 Å². The molecule has 3 N–H and O–H groups in total. The third-order valence-corrected chi connectivity index (χ3v) is 7.83. The molecular formula is C32H42FN3O3. The van der Waals surface area contributed by atoms with Crippen molar-refractivity contribution in [2.45, 2.75) is 91.6 Å². The highest BCUT2D eigenvalue weighted by Gasteiger charge is 2.27. The minimum absolute atomic E-state index is 0.0301. The van der Waals surface area contributed by atoms with E-state index in [1.807, 2.05) is 27.7 Å². The standard InChI is InChI=1S/C32H42FN3O3/c1-19-26(16-23(17-28(19)33)30(38)36-24-12-13-24)25-14-11-22(29(37)34-18-32(3,4)5)15-27(25)31(39)35-20(2)21-9-7-6-8-10-21/h11,14-17,20-21,24H,6-10,12-13,18H2,1-5H3,(H,34,37)(H,35,39)(H,36,38). The summed E-state index contributed by atoms with van der Waals surface area (Å²) in [5.41, 5.74) is 2.08. The third-order valence-electron chi connectivity index (χ3n) is 7.83. The fourth-order valence-corrected chi connectivity index (χ4v) is 5.18. The normalized spacial score (nSPS) is 16.9. The van der Waals surface area contributed by atoms with Crippen LogP contribution in [0.25, 0.3) is 11.1 Å². The van der Waals surface area contributed by atoms with Gasteiger partial charge < -0.3 is 16.0 Å². The molecule has 0 heterocycles. The van der Waals surface area contributed by atoms with Gasteiger partial charge >= 0.3 is 0 Å². The number of rotatable bonds is 8. The number of hydrogen-bond donors (Lipinski definition) is 3. The van der Waals surface area contributed by atoms with Gasteiger partial charge in [-0.15, -0.1) is 0 Å². The Kier molecular flexibility index (Phi) is 8.77. The molecule has 2 aliphatic carbocycles. The van der Waals surface area contributed by atoms with Crippen LogP contribution in [0.1, 0.15) is 109 Å². The molecule has 0 radical (unpaired) electrons. The van der Waals surface area contributed by atoms with Gasteiger partial charge in [-0.05, 0) is 91.8 Å². The lowest BCUT2D eigenvalue weighted by Crippen LogP contribution is -2.39. The molecule has 39 heavy (non-hydrogen) atoms. The van der Waals surface area contributed by atoms with Crippen molar-refractivity contribution in [2.75, 3.05) is 6.54 Å². The van der Waals surface area contributed by atoms with E-state index in [0.29, 0.717) is 40.3 Å². The molecular weight excluding hydrogens is 493 g/mol. The molecule has 1 atom stereocenters. The van der Waals surface area contributed by atoms with Crippen molar-refractivity contribution >= 4 is 17.7 Å². The monoisotopic (exact) mass is 535 g/mol. The minimum Gasteiger partial charge on any atom is -0.352 e. The van der Waals surface area contributed by atoms with E-state index in [1.54, 1.807) is 31.2 Å². The maximum Gasteiger partial charge on any atom is 0.252 e. The molecule has 2 fully saturated rings. The molecule has 0 bridgehead atoms. The summed E-state index contributed by atoms with van der Waals surface area (Å²) in [4.78, 5) is 39.5. The van der Waals surface area contributed by atoms with Crippen molar-refractivity contribution in [3.63, 3.8) is 0 Å². The smallest absolute Gasteiger partial charge is 0.252 e. The van der Waals surface area contributed by atoms with Gasteiger partial charge in [-0.2, -0.15) is 0 Å². The van der Waals surface area contributed by atoms with Gasteiger partial charge in [0.2, 0.25) is 0 Å². The third kappa shape index (κ3) is 7.46. The van der Waals surface area contributed by atoms with Crippen LogP contribution in [-0.2, 0) is 0 Å². The molecule has 3 amide bonds. The summed E-state index contributed by atoms with van der Waals surface area (Å²) in [5.74, 6) is -1.01. The van der Waals surface area contributed by atoms with E-state index in [9.17, 15) is 14.4 Å². The molecule has 2 aliphatic rings. The van der Waals surface area contributed by atoms with Gasteiger partial charge in [-0.1, -0.05) is 46.1 Å². The summed E-state index contributed by atoms with van der Waals surface area (Å²) < 4.78 is 15.1. The van der Waals surface area contributed by atoms with Crippen LogP contribution < -0.4 is 16.0 Å². The van der Waals surface area contributed by atoms with Gasteiger partial charge in [0.15, 0.2) is 0 Å². The van der Waals surface area contributed by atoms with E-state index in [0.717, 1.165) is 38.5 Å². The number of carbonyl (C=O) groups is 3. The molecule has 0 aromatic heterocycles. The Balaban J connectivity index is 1.71. The lowest BCUT2D eigenvalue weighted by molar-refractivity contribution is 0.0918. The van der Waals surface area contributed by atoms with Crippen molar-refractivity contribution in [2.24, 2.45) is 11.3 Å². The van der Waals surface area contributed by atoms with Crippen LogP contribution in [0.2, 0.25) is 0 Å². The summed E-state index contributed by atoms with van der Waals surface area (Å²) in [6.45, 7) is 10.3. The zero-order valence-electron chi connectivity index (χ0n) is 23.9. The molecule has 0 saturated heterocycles. The first-order valence-corrected chi connectivity index (χ1v) is 14.3. The number of nitrogens with one attached hydrogen (secondary N) is 3. The minimum atomic E-state index is -0.512. The fraction of sp³-hybridized carbons (Fsp3) is 0.531. The molecule has 1 unspecified atom stereocenters. The van der Waals surface area contributed by atoms with E-state index >= 15 is 4.39 Å². The first kappa shape index (κ1) is 28.8. The van der Waals surface area contributed by atoms with Gasteiger partial charge in [0.1, 0.15) is 5.82 Å². The number of halogens is 1. The highest BCUT2D eigenvalue weighted by molar-refractivity contribution is 6.05. The van der Waals surface area contributed by atoms with Crippen molar-refractivity contribution in [1.29, 1.82) is 0 Å². The van der Waals surface area contributed by atoms with Crippen LogP contribution in [0, 0.1) is 24.1 Å². The summed E-state index contributed by atoms with van der Waals surface area (Å²) in [5, 5.41) is 9.01. The van der Waals surface area contributed by atoms with Crippen molar-refractivity contribution in [3.05, 3.63) is 58.4 Å². The first-order chi connectivity index (χ1) is 18.4. The van der Waals surface area contributed by atoms with Crippen LogP contribution in [0.5, 0.6) is 0 Å². The predicted octanol–water partition coefficient (Wildman–Crippen LogP) is 6.17. The van der Waals surface area contributed by atoms with Crippen LogP contribution in [0.15, 0.2) is 30.3 Å². The average Bonchev–Trinajstić information content (AvgIpc) is 3.72. The van der Waals surface area contributed by atoms with Crippen molar-refractivity contribution in [1.82, 2.24) is 16.0 Å². The quantitative estimate of drug-likeness (QED) is 0.378. The number of benzene rings is 2. The van der Waals surface area contributed by atoms with Gasteiger partial charge in [0.25, 0.3) is 17.7 Å². The van der Waals surface area contributed by atoms with Gasteiger partial charge in [0.05, 0.1) is 0 Å². The van der Waals surface area contributed by atoms with Gasteiger partial charge in [-0.25, -0.2) is 4.39 Å². The molecule has 2 aromatic rings. The van der Waals surface area contributed by atoms with Crippen molar-refractivity contribution in [3.8, 4) is 11.1 Å². The van der Waals surface area contributed by atoms with E-state index < -0.39 is 5.82 Å². The Morgan fingerprint density at radius 3 is 2.23 bits per heavy atom. The van der Waals surface area contributed by atoms with E-state index in [-0.39, 0.29) is 40.8 Å². The zero-order valence-corrected chi connectivity index (χ0v) is 23.9. The fourth-order valence-electron chi connectivity index (χ4n) is 5.18. The average molecular weight is 536 g/mol. The van der Waals surface area contributed by atoms with E-state index in [4.69, 9.17) is 0 Å². The second-order valence-electron chi connectivity index (χ2n) is 12.5. The Morgan fingerprint density at radius 1 is 0.897 bits per heavy atom. The number of carbonyl (C=O) groups excluding carboxylic acids is 3. The predicted molar refractivity (Wildman–Crippen MR) is 152 cm³/mol. The summed E-state index contributed by atoms with van der Waals surface area (Å²) in [6, 6.07) is 7.93. The Morgan fingerprint density at radius 2 is 1.59 bits per heavy atom. The Hall–Kier alpha value is -3.22. The van der Waals surface area contributed by atoms with Crippen LogP contribution in [-0.4, -0.2) is 36.3 Å². The molecule has 0 aliphatic heterocycles. The lowest BCUT2D eigenvalue weighted by atomic mass is 9.84. The largest absolute Gasteiger partial charge is 0.352 e. The second-order valence-corrected chi connectivity index (χ2v) is 12.5. The van der Waals surface area contributed by atoms with Gasteiger partial charge in [0, 0.05) is 35.3 Å². The van der Waals surface area contributed by atoms with E-state index in [1.165, 1.54) is 12.5 Å². The van der Waals surface area contributed by atoms with Crippen LogP contribution in [0.4, 0.5) is 4.39 Å². The first-order valence-electron chi connectivity index (χ1n) is 14.3. The molecule has 2 aromatic carbocycles. The number of hydrogen-bond acceptors (Lipinski definition) is 3. The molecule has 4 rings (SSSR count). The maximum atomic E-state index is 15.1. The van der Waals surface area contributed by atoms with Crippen molar-refractivity contribution < 1.29 is 18.8 Å². The Labute approximate surface area is 231 Å². The zero-order chi connectivity index (χ0) is 28.3.